The number of likely N-dealkylation sites (N-methyl/N-ethyl adjacent to an activating group) is 1. The van der Waals surface area contributed by atoms with Crippen molar-refractivity contribution < 1.29 is 14.3 Å². The normalized spacial score (nSPS) is 11.2. The Morgan fingerprint density at radius 2 is 1.92 bits per heavy atom. The van der Waals surface area contributed by atoms with E-state index in [1.54, 1.807) is 38.2 Å². The van der Waals surface area contributed by atoms with E-state index in [0.717, 1.165) is 5.56 Å². The molecule has 6 heteroatoms. The molecule has 0 fully saturated rings. The van der Waals surface area contributed by atoms with Crippen molar-refractivity contribution in [2.24, 2.45) is 0 Å². The molecule has 2 amide bonds. The quantitative estimate of drug-likeness (QED) is 0.867. The molecule has 0 saturated heterocycles. The molecule has 0 aromatic heterocycles. The number of hydrogen-bond acceptors (Lipinski definition) is 4. The number of carbonyl (C=O) groups is 2. The van der Waals surface area contributed by atoms with E-state index < -0.39 is 6.10 Å². The largest absolute Gasteiger partial charge is 0.481 e. The van der Waals surface area contributed by atoms with E-state index in [2.05, 4.69) is 5.32 Å². The van der Waals surface area contributed by atoms with Gasteiger partial charge in [0.25, 0.3) is 5.91 Å². The average molecular weight is 351 g/mol. The molecule has 0 unspecified atom stereocenters. The highest BCUT2D eigenvalue weighted by molar-refractivity contribution is 5.95. The number of anilines is 1. The first-order valence-electron chi connectivity index (χ1n) is 8.17. The van der Waals surface area contributed by atoms with Crippen molar-refractivity contribution in [3.8, 4) is 11.8 Å². The molecule has 0 bridgehead atoms. The van der Waals surface area contributed by atoms with Gasteiger partial charge in [0.2, 0.25) is 5.91 Å². The van der Waals surface area contributed by atoms with E-state index in [-0.39, 0.29) is 18.4 Å². The first-order chi connectivity index (χ1) is 12.4. The number of nitrogens with one attached hydrogen (secondary N) is 1. The van der Waals surface area contributed by atoms with Crippen LogP contribution in [0.2, 0.25) is 0 Å². The maximum Gasteiger partial charge on any atom is 0.263 e. The van der Waals surface area contributed by atoms with Gasteiger partial charge in [-0.3, -0.25) is 9.59 Å². The third-order valence-corrected chi connectivity index (χ3v) is 3.72. The van der Waals surface area contributed by atoms with Gasteiger partial charge in [-0.2, -0.15) is 5.26 Å². The van der Waals surface area contributed by atoms with Crippen LogP contribution in [0.4, 0.5) is 5.69 Å². The minimum absolute atomic E-state index is 0.0847. The molecule has 26 heavy (non-hydrogen) atoms. The lowest BCUT2D eigenvalue weighted by atomic mass is 10.2. The van der Waals surface area contributed by atoms with Crippen molar-refractivity contribution in [1.29, 1.82) is 5.26 Å². The van der Waals surface area contributed by atoms with Crippen LogP contribution in [-0.4, -0.2) is 36.4 Å². The van der Waals surface area contributed by atoms with Crippen LogP contribution in [0.3, 0.4) is 0 Å². The lowest BCUT2D eigenvalue weighted by Crippen LogP contribution is -2.42. The fourth-order valence-electron chi connectivity index (χ4n) is 2.33. The summed E-state index contributed by atoms with van der Waals surface area (Å²) in [7, 11) is 1.54. The second kappa shape index (κ2) is 8.67. The summed E-state index contributed by atoms with van der Waals surface area (Å²) in [5.41, 5.74) is 2.23. The van der Waals surface area contributed by atoms with E-state index in [4.69, 9.17) is 10.00 Å². The molecule has 1 atom stereocenters. The molecule has 0 spiro atoms. The Bertz CT molecular complexity index is 825. The highest BCUT2D eigenvalue weighted by Gasteiger charge is 2.21. The van der Waals surface area contributed by atoms with Crippen molar-refractivity contribution in [3.05, 3.63) is 59.7 Å². The SMILES string of the molecule is Cc1ccc(NC(=O)CN(C)C(=O)[C@H](C)Oc2cccc(C#N)c2)cc1. The van der Waals surface area contributed by atoms with Crippen molar-refractivity contribution in [3.63, 3.8) is 0 Å². The highest BCUT2D eigenvalue weighted by atomic mass is 16.5. The first kappa shape index (κ1) is 19.0. The number of hydrogen-bond donors (Lipinski definition) is 1. The van der Waals surface area contributed by atoms with Gasteiger partial charge in [0.1, 0.15) is 5.75 Å². The standard InChI is InChI=1S/C20H21N3O3/c1-14-7-9-17(10-8-14)22-19(24)13-23(3)20(25)15(2)26-18-6-4-5-16(11-18)12-21/h4-11,15H,13H2,1-3H3,(H,22,24)/t15-/m0/s1. The molecule has 2 aromatic carbocycles. The molecule has 0 aliphatic rings. The van der Waals surface area contributed by atoms with Crippen LogP contribution in [0.5, 0.6) is 5.75 Å². The predicted octanol–water partition coefficient (Wildman–Crippen LogP) is 2.73. The van der Waals surface area contributed by atoms with E-state index in [1.165, 1.54) is 4.90 Å². The summed E-state index contributed by atoms with van der Waals surface area (Å²) in [6.07, 6.45) is -0.777. The Morgan fingerprint density at radius 1 is 1.23 bits per heavy atom. The Labute approximate surface area is 153 Å². The van der Waals surface area contributed by atoms with E-state index in [0.29, 0.717) is 17.0 Å². The van der Waals surface area contributed by atoms with Gasteiger partial charge in [-0.15, -0.1) is 0 Å². The maximum absolute atomic E-state index is 12.4. The molecule has 0 aliphatic heterocycles. The zero-order valence-electron chi connectivity index (χ0n) is 15.0. The van der Waals surface area contributed by atoms with Crippen LogP contribution >= 0.6 is 0 Å². The van der Waals surface area contributed by atoms with E-state index >= 15 is 0 Å². The van der Waals surface area contributed by atoms with Crippen LogP contribution in [-0.2, 0) is 9.59 Å². The molecule has 6 nitrogen and oxygen atoms in total. The second-order valence-electron chi connectivity index (χ2n) is 6.01. The molecule has 0 saturated carbocycles. The predicted molar refractivity (Wildman–Crippen MR) is 98.7 cm³/mol. The lowest BCUT2D eigenvalue weighted by Gasteiger charge is -2.21. The topological polar surface area (TPSA) is 82.4 Å². The zero-order valence-corrected chi connectivity index (χ0v) is 15.0. The van der Waals surface area contributed by atoms with Gasteiger partial charge in [0.15, 0.2) is 6.10 Å². The Balaban J connectivity index is 1.90. The smallest absolute Gasteiger partial charge is 0.263 e. The number of rotatable bonds is 6. The molecule has 0 heterocycles. The first-order valence-corrected chi connectivity index (χ1v) is 8.17. The minimum Gasteiger partial charge on any atom is -0.481 e. The van der Waals surface area contributed by atoms with Crippen molar-refractivity contribution in [2.75, 3.05) is 18.9 Å². The maximum atomic E-state index is 12.4. The fourth-order valence-corrected chi connectivity index (χ4v) is 2.33. The number of ether oxygens (including phenoxy) is 1. The van der Waals surface area contributed by atoms with Crippen LogP contribution in [0.1, 0.15) is 18.1 Å². The van der Waals surface area contributed by atoms with E-state index in [9.17, 15) is 9.59 Å². The Morgan fingerprint density at radius 3 is 2.58 bits per heavy atom. The van der Waals surface area contributed by atoms with Gasteiger partial charge in [-0.05, 0) is 44.2 Å². The van der Waals surface area contributed by atoms with Crippen LogP contribution in [0.15, 0.2) is 48.5 Å². The summed E-state index contributed by atoms with van der Waals surface area (Å²) in [5.74, 6) is -0.183. The van der Waals surface area contributed by atoms with Gasteiger partial charge in [0.05, 0.1) is 18.2 Å². The van der Waals surface area contributed by atoms with Crippen molar-refractivity contribution >= 4 is 17.5 Å². The van der Waals surface area contributed by atoms with Gasteiger partial charge >= 0.3 is 0 Å². The molecule has 0 radical (unpaired) electrons. The zero-order chi connectivity index (χ0) is 19.1. The third kappa shape index (κ3) is 5.35. The number of nitrogens with zero attached hydrogens (tertiary/aromatic N) is 2. The summed E-state index contributed by atoms with van der Waals surface area (Å²) in [6, 6.07) is 16.0. The number of nitriles is 1. The van der Waals surface area contributed by atoms with Crippen LogP contribution in [0.25, 0.3) is 0 Å². The average Bonchev–Trinajstić information content (AvgIpc) is 2.63. The third-order valence-electron chi connectivity index (χ3n) is 3.72. The van der Waals surface area contributed by atoms with Crippen molar-refractivity contribution in [2.45, 2.75) is 20.0 Å². The van der Waals surface area contributed by atoms with Gasteiger partial charge < -0.3 is 15.0 Å². The summed E-state index contributed by atoms with van der Waals surface area (Å²) >= 11 is 0. The molecule has 0 aliphatic carbocycles. The lowest BCUT2D eigenvalue weighted by molar-refractivity contribution is -0.139. The number of aryl methyl sites for hydroxylation is 1. The number of carbonyl (C=O) groups excluding carboxylic acids is 2. The molecular weight excluding hydrogens is 330 g/mol. The van der Waals surface area contributed by atoms with Crippen LogP contribution in [0, 0.1) is 18.3 Å². The summed E-state index contributed by atoms with van der Waals surface area (Å²) in [4.78, 5) is 25.8. The van der Waals surface area contributed by atoms with Gasteiger partial charge in [-0.1, -0.05) is 23.8 Å². The molecular formula is C20H21N3O3. The number of amides is 2. The molecule has 2 rings (SSSR count). The van der Waals surface area contributed by atoms with E-state index in [1.807, 2.05) is 37.3 Å². The molecule has 1 N–H and O–H groups in total. The summed E-state index contributed by atoms with van der Waals surface area (Å²) < 4.78 is 5.58. The summed E-state index contributed by atoms with van der Waals surface area (Å²) in [5, 5.41) is 11.7. The fraction of sp³-hybridized carbons (Fsp3) is 0.250. The van der Waals surface area contributed by atoms with Gasteiger partial charge in [0, 0.05) is 12.7 Å². The van der Waals surface area contributed by atoms with Crippen LogP contribution < -0.4 is 10.1 Å². The van der Waals surface area contributed by atoms with Crippen molar-refractivity contribution in [1.82, 2.24) is 4.90 Å². The monoisotopic (exact) mass is 351 g/mol. The minimum atomic E-state index is -0.777. The molecule has 2 aromatic rings. The number of benzene rings is 2. The second-order valence-corrected chi connectivity index (χ2v) is 6.01. The molecule has 134 valence electrons. The Hall–Kier alpha value is -3.33. The highest BCUT2D eigenvalue weighted by Crippen LogP contribution is 2.15. The van der Waals surface area contributed by atoms with Gasteiger partial charge in [-0.25, -0.2) is 0 Å². The Kier molecular flexibility index (Phi) is 6.34. The summed E-state index contributed by atoms with van der Waals surface area (Å²) in [6.45, 7) is 3.49.